The van der Waals surface area contributed by atoms with Crippen molar-refractivity contribution in [1.29, 1.82) is 0 Å². The number of nitrogens with one attached hydrogen (secondary N) is 2. The Labute approximate surface area is 113 Å². The Hall–Kier alpha value is -1.59. The number of carbonyl (C=O) groups excluding carboxylic acids is 1. The lowest BCUT2D eigenvalue weighted by Crippen LogP contribution is -2.14. The molecule has 1 heterocycles. The summed E-state index contributed by atoms with van der Waals surface area (Å²) in [5, 5.41) is 12.4. The molecule has 1 unspecified atom stereocenters. The van der Waals surface area contributed by atoms with Gasteiger partial charge in [-0.15, -0.1) is 0 Å². The number of aliphatic hydroxyl groups is 1. The number of hydrogen-bond acceptors (Lipinski definition) is 2. The van der Waals surface area contributed by atoms with Crippen molar-refractivity contribution in [2.75, 3.05) is 5.32 Å². The molecule has 0 bridgehead atoms. The predicted molar refractivity (Wildman–Crippen MR) is 73.5 cm³/mol. The molecule has 1 aromatic heterocycles. The molecule has 1 amide bonds. The number of aromatic amines is 1. The van der Waals surface area contributed by atoms with Crippen molar-refractivity contribution in [2.45, 2.75) is 13.0 Å². The van der Waals surface area contributed by atoms with Gasteiger partial charge < -0.3 is 15.4 Å². The molecular formula is C13H13BrN2O2. The third-order valence-corrected chi connectivity index (χ3v) is 3.01. The van der Waals surface area contributed by atoms with E-state index in [1.807, 2.05) is 12.1 Å². The average Bonchev–Trinajstić information content (AvgIpc) is 2.76. The number of amides is 1. The van der Waals surface area contributed by atoms with E-state index >= 15 is 0 Å². The van der Waals surface area contributed by atoms with Crippen LogP contribution >= 0.6 is 15.9 Å². The standard InChI is InChI=1S/C13H13BrN2O2/c1-8(17)10-4-2-3-5-11(10)16-13(18)12-6-9(14)7-15-12/h2-8,15,17H,1H3,(H,16,18). The molecule has 5 heteroatoms. The summed E-state index contributed by atoms with van der Waals surface area (Å²) in [6.07, 6.45) is 1.06. The Bertz CT molecular complexity index is 564. The number of halogens is 1. The van der Waals surface area contributed by atoms with Crippen LogP contribution in [0.1, 0.15) is 29.1 Å². The van der Waals surface area contributed by atoms with Crippen LogP contribution in [0.25, 0.3) is 0 Å². The Balaban J connectivity index is 2.22. The summed E-state index contributed by atoms with van der Waals surface area (Å²) in [5.41, 5.74) is 1.77. The summed E-state index contributed by atoms with van der Waals surface area (Å²) in [4.78, 5) is 14.8. The lowest BCUT2D eigenvalue weighted by molar-refractivity contribution is 0.102. The fourth-order valence-electron chi connectivity index (χ4n) is 1.66. The molecule has 0 aliphatic carbocycles. The zero-order chi connectivity index (χ0) is 13.1. The first-order valence-electron chi connectivity index (χ1n) is 5.50. The van der Waals surface area contributed by atoms with Crippen molar-refractivity contribution < 1.29 is 9.90 Å². The Morgan fingerprint density at radius 2 is 2.17 bits per heavy atom. The minimum atomic E-state index is -0.628. The van der Waals surface area contributed by atoms with Gasteiger partial charge in [-0.1, -0.05) is 18.2 Å². The van der Waals surface area contributed by atoms with Crippen LogP contribution in [0.4, 0.5) is 5.69 Å². The molecule has 0 spiro atoms. The summed E-state index contributed by atoms with van der Waals surface area (Å²) in [6.45, 7) is 1.66. The van der Waals surface area contributed by atoms with Crippen LogP contribution in [0.2, 0.25) is 0 Å². The molecule has 0 radical (unpaired) electrons. The fourth-order valence-corrected chi connectivity index (χ4v) is 2.01. The first-order chi connectivity index (χ1) is 8.58. The molecule has 2 aromatic rings. The summed E-state index contributed by atoms with van der Waals surface area (Å²) in [6, 6.07) is 8.87. The monoisotopic (exact) mass is 308 g/mol. The molecule has 0 aliphatic rings. The Kier molecular flexibility index (Phi) is 3.84. The smallest absolute Gasteiger partial charge is 0.272 e. The zero-order valence-corrected chi connectivity index (χ0v) is 11.4. The minimum Gasteiger partial charge on any atom is -0.389 e. The molecule has 3 N–H and O–H groups in total. The number of H-pyrrole nitrogens is 1. The van der Waals surface area contributed by atoms with Gasteiger partial charge >= 0.3 is 0 Å². The van der Waals surface area contributed by atoms with Gasteiger partial charge in [-0.2, -0.15) is 0 Å². The van der Waals surface area contributed by atoms with Gasteiger partial charge in [-0.05, 0) is 35.0 Å². The highest BCUT2D eigenvalue weighted by Gasteiger charge is 2.12. The second-order valence-corrected chi connectivity index (χ2v) is 4.86. The van der Waals surface area contributed by atoms with E-state index in [2.05, 4.69) is 26.2 Å². The van der Waals surface area contributed by atoms with Gasteiger partial charge in [0, 0.05) is 21.9 Å². The highest BCUT2D eigenvalue weighted by molar-refractivity contribution is 9.10. The van der Waals surface area contributed by atoms with Crippen LogP contribution in [0.15, 0.2) is 41.0 Å². The SMILES string of the molecule is CC(O)c1ccccc1NC(=O)c1cc(Br)c[nH]1. The summed E-state index contributed by atoms with van der Waals surface area (Å²) >= 11 is 3.27. The lowest BCUT2D eigenvalue weighted by atomic mass is 10.1. The summed E-state index contributed by atoms with van der Waals surface area (Å²) < 4.78 is 0.816. The van der Waals surface area contributed by atoms with Crippen molar-refractivity contribution in [3.05, 3.63) is 52.3 Å². The van der Waals surface area contributed by atoms with Gasteiger partial charge in [-0.25, -0.2) is 0 Å². The molecule has 0 saturated carbocycles. The summed E-state index contributed by atoms with van der Waals surface area (Å²) in [7, 11) is 0. The highest BCUT2D eigenvalue weighted by atomic mass is 79.9. The van der Waals surface area contributed by atoms with Gasteiger partial charge in [-0.3, -0.25) is 4.79 Å². The van der Waals surface area contributed by atoms with Crippen LogP contribution in [0.3, 0.4) is 0 Å². The van der Waals surface area contributed by atoms with Gasteiger partial charge in [0.1, 0.15) is 5.69 Å². The average molecular weight is 309 g/mol. The van der Waals surface area contributed by atoms with Crippen molar-refractivity contribution in [3.8, 4) is 0 Å². The lowest BCUT2D eigenvalue weighted by Gasteiger charge is -2.12. The number of aromatic nitrogens is 1. The van der Waals surface area contributed by atoms with E-state index in [0.717, 1.165) is 4.47 Å². The third-order valence-electron chi connectivity index (χ3n) is 2.55. The number of carbonyl (C=O) groups is 1. The van der Waals surface area contributed by atoms with E-state index < -0.39 is 6.10 Å². The minimum absolute atomic E-state index is 0.242. The number of hydrogen-bond donors (Lipinski definition) is 3. The van der Waals surface area contributed by atoms with Gasteiger partial charge in [0.05, 0.1) is 6.10 Å². The Morgan fingerprint density at radius 3 is 2.78 bits per heavy atom. The maximum Gasteiger partial charge on any atom is 0.272 e. The first kappa shape index (κ1) is 12.9. The molecular weight excluding hydrogens is 296 g/mol. The molecule has 18 heavy (non-hydrogen) atoms. The molecule has 1 atom stereocenters. The van der Waals surface area contributed by atoms with Crippen molar-refractivity contribution in [1.82, 2.24) is 4.98 Å². The van der Waals surface area contributed by atoms with E-state index in [-0.39, 0.29) is 5.91 Å². The number of aliphatic hydroxyl groups excluding tert-OH is 1. The normalized spacial score (nSPS) is 12.2. The van der Waals surface area contributed by atoms with Gasteiger partial charge in [0.15, 0.2) is 0 Å². The fraction of sp³-hybridized carbons (Fsp3) is 0.154. The molecule has 0 aliphatic heterocycles. The second kappa shape index (κ2) is 5.37. The van der Waals surface area contributed by atoms with E-state index in [1.54, 1.807) is 31.3 Å². The molecule has 0 fully saturated rings. The maximum atomic E-state index is 12.0. The predicted octanol–water partition coefficient (Wildman–Crippen LogP) is 3.08. The largest absolute Gasteiger partial charge is 0.389 e. The van der Waals surface area contributed by atoms with Crippen LogP contribution in [0.5, 0.6) is 0 Å². The quantitative estimate of drug-likeness (QED) is 0.816. The van der Waals surface area contributed by atoms with Crippen molar-refractivity contribution in [3.63, 3.8) is 0 Å². The zero-order valence-electron chi connectivity index (χ0n) is 9.77. The number of anilines is 1. The van der Waals surface area contributed by atoms with Crippen molar-refractivity contribution in [2.24, 2.45) is 0 Å². The molecule has 94 valence electrons. The maximum absolute atomic E-state index is 12.0. The molecule has 0 saturated heterocycles. The topological polar surface area (TPSA) is 65.1 Å². The van der Waals surface area contributed by atoms with Gasteiger partial charge in [0.2, 0.25) is 0 Å². The molecule has 2 rings (SSSR count). The number of benzene rings is 1. The van der Waals surface area contributed by atoms with Crippen LogP contribution < -0.4 is 5.32 Å². The van der Waals surface area contributed by atoms with Crippen LogP contribution in [-0.2, 0) is 0 Å². The van der Waals surface area contributed by atoms with E-state index in [0.29, 0.717) is 16.9 Å². The van der Waals surface area contributed by atoms with Crippen LogP contribution in [0, 0.1) is 0 Å². The summed E-state index contributed by atoms with van der Waals surface area (Å²) in [5.74, 6) is -0.242. The highest BCUT2D eigenvalue weighted by Crippen LogP contribution is 2.23. The first-order valence-corrected chi connectivity index (χ1v) is 6.29. The van der Waals surface area contributed by atoms with Crippen molar-refractivity contribution >= 4 is 27.5 Å². The van der Waals surface area contributed by atoms with E-state index in [9.17, 15) is 9.90 Å². The number of para-hydroxylation sites is 1. The Morgan fingerprint density at radius 1 is 1.44 bits per heavy atom. The second-order valence-electron chi connectivity index (χ2n) is 3.95. The molecule has 1 aromatic carbocycles. The van der Waals surface area contributed by atoms with Crippen LogP contribution in [-0.4, -0.2) is 16.0 Å². The van der Waals surface area contributed by atoms with E-state index in [4.69, 9.17) is 0 Å². The van der Waals surface area contributed by atoms with E-state index in [1.165, 1.54) is 0 Å². The molecule has 4 nitrogen and oxygen atoms in total. The third kappa shape index (κ3) is 2.80. The number of rotatable bonds is 3. The van der Waals surface area contributed by atoms with Gasteiger partial charge in [0.25, 0.3) is 5.91 Å².